The van der Waals surface area contributed by atoms with Crippen LogP contribution >= 0.6 is 11.3 Å². The fourth-order valence-electron chi connectivity index (χ4n) is 1.06. The maximum atomic E-state index is 5.89. The SMILES string of the molecule is CC(C)OCC(N)Cc1cccs1. The molecule has 3 heteroatoms. The van der Waals surface area contributed by atoms with Crippen molar-refractivity contribution in [3.63, 3.8) is 0 Å². The molecule has 0 bridgehead atoms. The van der Waals surface area contributed by atoms with Crippen molar-refractivity contribution in [2.75, 3.05) is 6.61 Å². The predicted octanol–water partition coefficient (Wildman–Crippen LogP) is 2.04. The van der Waals surface area contributed by atoms with Gasteiger partial charge in [-0.15, -0.1) is 11.3 Å². The zero-order chi connectivity index (χ0) is 9.68. The van der Waals surface area contributed by atoms with Gasteiger partial charge in [0.15, 0.2) is 0 Å². The minimum atomic E-state index is 0.126. The van der Waals surface area contributed by atoms with Crippen LogP contribution in [-0.4, -0.2) is 18.8 Å². The van der Waals surface area contributed by atoms with Crippen LogP contribution < -0.4 is 5.73 Å². The first-order chi connectivity index (χ1) is 6.18. The second-order valence-corrected chi connectivity index (χ2v) is 4.46. The molecule has 0 spiro atoms. The van der Waals surface area contributed by atoms with Gasteiger partial charge in [-0.3, -0.25) is 0 Å². The molecule has 2 nitrogen and oxygen atoms in total. The van der Waals surface area contributed by atoms with Crippen molar-refractivity contribution >= 4 is 11.3 Å². The Morgan fingerprint density at radius 1 is 1.54 bits per heavy atom. The average molecular weight is 199 g/mol. The Hall–Kier alpha value is -0.380. The number of ether oxygens (including phenoxy) is 1. The minimum absolute atomic E-state index is 0.126. The van der Waals surface area contributed by atoms with Crippen LogP contribution in [0.1, 0.15) is 18.7 Å². The number of hydrogen-bond donors (Lipinski definition) is 1. The van der Waals surface area contributed by atoms with Gasteiger partial charge in [0.2, 0.25) is 0 Å². The smallest absolute Gasteiger partial charge is 0.0624 e. The average Bonchev–Trinajstić information content (AvgIpc) is 2.53. The Morgan fingerprint density at radius 2 is 2.31 bits per heavy atom. The molecule has 1 aromatic rings. The molecule has 1 rings (SSSR count). The summed E-state index contributed by atoms with van der Waals surface area (Å²) >= 11 is 1.75. The molecule has 2 N–H and O–H groups in total. The summed E-state index contributed by atoms with van der Waals surface area (Å²) in [5.74, 6) is 0. The summed E-state index contributed by atoms with van der Waals surface area (Å²) in [5, 5.41) is 2.07. The van der Waals surface area contributed by atoms with Gasteiger partial charge in [-0.25, -0.2) is 0 Å². The van der Waals surface area contributed by atoms with Crippen LogP contribution in [0, 0.1) is 0 Å². The van der Waals surface area contributed by atoms with Gasteiger partial charge < -0.3 is 10.5 Å². The Kier molecular flexibility index (Phi) is 4.42. The van der Waals surface area contributed by atoms with Crippen molar-refractivity contribution in [1.29, 1.82) is 0 Å². The summed E-state index contributed by atoms with van der Waals surface area (Å²) in [4.78, 5) is 1.33. The zero-order valence-electron chi connectivity index (χ0n) is 8.19. The maximum Gasteiger partial charge on any atom is 0.0624 e. The summed E-state index contributed by atoms with van der Waals surface area (Å²) in [6.07, 6.45) is 1.19. The second kappa shape index (κ2) is 5.37. The highest BCUT2D eigenvalue weighted by Crippen LogP contribution is 2.10. The van der Waals surface area contributed by atoms with Crippen LogP contribution in [0.15, 0.2) is 17.5 Å². The van der Waals surface area contributed by atoms with E-state index < -0.39 is 0 Å². The number of nitrogens with two attached hydrogens (primary N) is 1. The molecule has 0 aliphatic carbocycles. The Morgan fingerprint density at radius 3 is 2.85 bits per heavy atom. The van der Waals surface area contributed by atoms with Crippen molar-refractivity contribution in [2.45, 2.75) is 32.4 Å². The fraction of sp³-hybridized carbons (Fsp3) is 0.600. The van der Waals surface area contributed by atoms with Gasteiger partial charge in [-0.2, -0.15) is 0 Å². The monoisotopic (exact) mass is 199 g/mol. The molecule has 0 radical (unpaired) electrons. The Labute approximate surface area is 83.7 Å². The molecule has 0 fully saturated rings. The summed E-state index contributed by atoms with van der Waals surface area (Å²) in [7, 11) is 0. The predicted molar refractivity (Wildman–Crippen MR) is 57.1 cm³/mol. The van der Waals surface area contributed by atoms with Gasteiger partial charge in [0.05, 0.1) is 12.7 Å². The van der Waals surface area contributed by atoms with Crippen LogP contribution in [0.2, 0.25) is 0 Å². The minimum Gasteiger partial charge on any atom is -0.377 e. The fourth-order valence-corrected chi connectivity index (χ4v) is 1.86. The number of hydrogen-bond acceptors (Lipinski definition) is 3. The normalized spacial score (nSPS) is 13.5. The van der Waals surface area contributed by atoms with Gasteiger partial charge in [-0.05, 0) is 31.7 Å². The molecule has 1 atom stereocenters. The lowest BCUT2D eigenvalue weighted by atomic mass is 10.2. The van der Waals surface area contributed by atoms with E-state index >= 15 is 0 Å². The molecule has 1 aromatic heterocycles. The van der Waals surface area contributed by atoms with E-state index in [4.69, 9.17) is 10.5 Å². The van der Waals surface area contributed by atoms with E-state index in [1.54, 1.807) is 11.3 Å². The molecular weight excluding hydrogens is 182 g/mol. The maximum absolute atomic E-state index is 5.89. The van der Waals surface area contributed by atoms with Crippen LogP contribution in [-0.2, 0) is 11.2 Å². The van der Waals surface area contributed by atoms with E-state index in [0.29, 0.717) is 6.61 Å². The standard InChI is InChI=1S/C10H17NOS/c1-8(2)12-7-9(11)6-10-4-3-5-13-10/h3-5,8-9H,6-7,11H2,1-2H3. The van der Waals surface area contributed by atoms with Crippen molar-refractivity contribution in [2.24, 2.45) is 5.73 Å². The van der Waals surface area contributed by atoms with Crippen LogP contribution in [0.3, 0.4) is 0 Å². The highest BCUT2D eigenvalue weighted by Gasteiger charge is 2.05. The molecule has 0 aliphatic heterocycles. The van der Waals surface area contributed by atoms with E-state index in [1.165, 1.54) is 4.88 Å². The Balaban J connectivity index is 2.22. The quantitative estimate of drug-likeness (QED) is 0.787. The topological polar surface area (TPSA) is 35.2 Å². The van der Waals surface area contributed by atoms with Crippen LogP contribution in [0.5, 0.6) is 0 Å². The second-order valence-electron chi connectivity index (χ2n) is 3.43. The summed E-state index contributed by atoms with van der Waals surface area (Å²) in [6.45, 7) is 4.70. The van der Waals surface area contributed by atoms with Crippen molar-refractivity contribution in [3.8, 4) is 0 Å². The first kappa shape index (κ1) is 10.7. The molecule has 13 heavy (non-hydrogen) atoms. The Bertz CT molecular complexity index is 221. The zero-order valence-corrected chi connectivity index (χ0v) is 9.01. The molecule has 0 saturated carbocycles. The van der Waals surface area contributed by atoms with E-state index in [-0.39, 0.29) is 12.1 Å². The third-order valence-corrected chi connectivity index (χ3v) is 2.59. The van der Waals surface area contributed by atoms with Crippen molar-refractivity contribution in [3.05, 3.63) is 22.4 Å². The third kappa shape index (κ3) is 4.41. The van der Waals surface area contributed by atoms with Crippen molar-refractivity contribution < 1.29 is 4.74 Å². The molecule has 0 aromatic carbocycles. The largest absolute Gasteiger partial charge is 0.377 e. The molecule has 0 amide bonds. The van der Waals surface area contributed by atoms with Gasteiger partial charge in [0.1, 0.15) is 0 Å². The third-order valence-electron chi connectivity index (χ3n) is 1.69. The molecule has 0 saturated heterocycles. The van der Waals surface area contributed by atoms with Gasteiger partial charge in [0.25, 0.3) is 0 Å². The number of thiophene rings is 1. The first-order valence-electron chi connectivity index (χ1n) is 4.58. The lowest BCUT2D eigenvalue weighted by Crippen LogP contribution is -2.29. The molecular formula is C10H17NOS. The summed E-state index contributed by atoms with van der Waals surface area (Å²) in [6, 6.07) is 4.29. The summed E-state index contributed by atoms with van der Waals surface area (Å²) < 4.78 is 5.43. The van der Waals surface area contributed by atoms with Crippen LogP contribution in [0.25, 0.3) is 0 Å². The lowest BCUT2D eigenvalue weighted by Gasteiger charge is -2.13. The van der Waals surface area contributed by atoms with E-state index in [2.05, 4.69) is 17.5 Å². The highest BCUT2D eigenvalue weighted by atomic mass is 32.1. The van der Waals surface area contributed by atoms with E-state index in [1.807, 2.05) is 13.8 Å². The lowest BCUT2D eigenvalue weighted by molar-refractivity contribution is 0.0685. The van der Waals surface area contributed by atoms with Gasteiger partial charge >= 0.3 is 0 Å². The molecule has 1 heterocycles. The molecule has 0 aliphatic rings. The van der Waals surface area contributed by atoms with Crippen LogP contribution in [0.4, 0.5) is 0 Å². The van der Waals surface area contributed by atoms with E-state index in [0.717, 1.165) is 6.42 Å². The van der Waals surface area contributed by atoms with Crippen molar-refractivity contribution in [1.82, 2.24) is 0 Å². The van der Waals surface area contributed by atoms with Gasteiger partial charge in [-0.1, -0.05) is 6.07 Å². The number of rotatable bonds is 5. The van der Waals surface area contributed by atoms with E-state index in [9.17, 15) is 0 Å². The molecule has 1 unspecified atom stereocenters. The van der Waals surface area contributed by atoms with Gasteiger partial charge in [0, 0.05) is 10.9 Å². The first-order valence-corrected chi connectivity index (χ1v) is 5.46. The highest BCUT2D eigenvalue weighted by molar-refractivity contribution is 7.09. The molecule has 74 valence electrons. The summed E-state index contributed by atoms with van der Waals surface area (Å²) in [5.41, 5.74) is 5.89.